The van der Waals surface area contributed by atoms with Crippen LogP contribution in [0.15, 0.2) is 48.5 Å². The van der Waals surface area contributed by atoms with E-state index in [2.05, 4.69) is 20.7 Å². The van der Waals surface area contributed by atoms with E-state index in [0.29, 0.717) is 18.6 Å². The number of hydrogen-bond donors (Lipinski definition) is 3. The van der Waals surface area contributed by atoms with E-state index in [0.717, 1.165) is 29.5 Å². The van der Waals surface area contributed by atoms with E-state index >= 15 is 0 Å². The number of H-pyrrole nitrogens is 1. The van der Waals surface area contributed by atoms with Crippen LogP contribution >= 0.6 is 0 Å². The smallest absolute Gasteiger partial charge is 0.410 e. The summed E-state index contributed by atoms with van der Waals surface area (Å²) in [7, 11) is 0. The molecule has 3 N–H and O–H groups in total. The number of aromatic amines is 1. The van der Waals surface area contributed by atoms with Crippen LogP contribution in [0.4, 0.5) is 4.79 Å². The monoisotopic (exact) mass is 381 g/mol. The molecule has 1 fully saturated rings. The maximum Gasteiger partial charge on any atom is 0.410 e. The Balaban J connectivity index is 1.25. The number of fused-ring (bicyclic) bond motifs is 1. The number of ether oxygens (including phenoxy) is 1. The Morgan fingerprint density at radius 3 is 2.71 bits per heavy atom. The van der Waals surface area contributed by atoms with Gasteiger partial charge in [0.05, 0.1) is 0 Å². The molecule has 0 aliphatic carbocycles. The van der Waals surface area contributed by atoms with Gasteiger partial charge < -0.3 is 14.7 Å². The number of aliphatic hydroxyl groups is 1. The molecule has 8 nitrogen and oxygen atoms in total. The first-order chi connectivity index (χ1) is 13.7. The second-order valence-electron chi connectivity index (χ2n) is 6.94. The molecule has 0 saturated carbocycles. The quantitative estimate of drug-likeness (QED) is 0.586. The molecule has 8 heteroatoms. The van der Waals surface area contributed by atoms with E-state index in [1.54, 1.807) is 4.90 Å². The van der Waals surface area contributed by atoms with E-state index in [9.17, 15) is 9.90 Å². The predicted octanol–water partition coefficient (Wildman–Crippen LogP) is 2.34. The highest BCUT2D eigenvalue weighted by atomic mass is 16.6. The van der Waals surface area contributed by atoms with Gasteiger partial charge in [0.1, 0.15) is 23.9 Å². The van der Waals surface area contributed by atoms with Crippen LogP contribution in [0.2, 0.25) is 0 Å². The minimum Gasteiger partial charge on any atom is -0.445 e. The number of piperidine rings is 1. The van der Waals surface area contributed by atoms with Gasteiger partial charge in [-0.25, -0.2) is 4.79 Å². The maximum absolute atomic E-state index is 12.2. The molecular weight excluding hydrogens is 358 g/mol. The molecule has 146 valence electrons. The van der Waals surface area contributed by atoms with Crippen molar-refractivity contribution in [2.75, 3.05) is 13.1 Å². The zero-order valence-corrected chi connectivity index (χ0v) is 15.4. The van der Waals surface area contributed by atoms with Gasteiger partial charge in [0, 0.05) is 19.1 Å². The molecule has 1 unspecified atom stereocenters. The number of benzene rings is 2. The number of hydrogen-bond acceptors (Lipinski definition) is 6. The standard InChI is InChI=1S/C20H23N5O3/c26-19(15-6-7-17-18(12-15)23-24-22-17)21-16-8-10-25(11-9-16)20(27)28-13-14-4-2-1-3-5-14/h1-7,12,16,19,21,26H,8-11,13H2,(H,22,23,24). The van der Waals surface area contributed by atoms with E-state index < -0.39 is 6.23 Å². The summed E-state index contributed by atoms with van der Waals surface area (Å²) in [6, 6.07) is 15.2. The summed E-state index contributed by atoms with van der Waals surface area (Å²) in [4.78, 5) is 14.0. The van der Waals surface area contributed by atoms with Crippen molar-refractivity contribution >= 4 is 17.1 Å². The maximum atomic E-state index is 12.2. The van der Waals surface area contributed by atoms with Crippen LogP contribution < -0.4 is 5.32 Å². The van der Waals surface area contributed by atoms with Crippen molar-refractivity contribution in [1.82, 2.24) is 25.6 Å². The average molecular weight is 381 g/mol. The summed E-state index contributed by atoms with van der Waals surface area (Å²) in [5, 5.41) is 24.3. The molecule has 2 heterocycles. The first-order valence-corrected chi connectivity index (χ1v) is 9.39. The van der Waals surface area contributed by atoms with Gasteiger partial charge in [0.2, 0.25) is 0 Å². The topological polar surface area (TPSA) is 103 Å². The largest absolute Gasteiger partial charge is 0.445 e. The third-order valence-electron chi connectivity index (χ3n) is 5.01. The van der Waals surface area contributed by atoms with Crippen LogP contribution in [0, 0.1) is 0 Å². The van der Waals surface area contributed by atoms with Gasteiger partial charge in [-0.3, -0.25) is 5.32 Å². The summed E-state index contributed by atoms with van der Waals surface area (Å²) in [6.45, 7) is 1.47. The predicted molar refractivity (Wildman–Crippen MR) is 103 cm³/mol. The molecule has 4 rings (SSSR count). The third kappa shape index (κ3) is 4.29. The van der Waals surface area contributed by atoms with E-state index in [-0.39, 0.29) is 18.7 Å². The number of carbonyl (C=O) groups is 1. The molecule has 28 heavy (non-hydrogen) atoms. The highest BCUT2D eigenvalue weighted by molar-refractivity contribution is 5.74. The Labute approximate surface area is 162 Å². The lowest BCUT2D eigenvalue weighted by Gasteiger charge is -2.33. The molecule has 1 aromatic heterocycles. The van der Waals surface area contributed by atoms with Gasteiger partial charge in [0.25, 0.3) is 0 Å². The molecule has 1 aliphatic rings. The third-order valence-corrected chi connectivity index (χ3v) is 5.01. The van der Waals surface area contributed by atoms with Crippen LogP contribution in [0.5, 0.6) is 0 Å². The molecular formula is C20H23N5O3. The molecule has 2 aromatic carbocycles. The number of nitrogens with one attached hydrogen (secondary N) is 2. The molecule has 1 atom stereocenters. The lowest BCUT2D eigenvalue weighted by molar-refractivity contribution is 0.0726. The van der Waals surface area contributed by atoms with Crippen molar-refractivity contribution < 1.29 is 14.6 Å². The number of rotatable bonds is 5. The van der Waals surface area contributed by atoms with Crippen LogP contribution in [-0.4, -0.2) is 50.6 Å². The summed E-state index contributed by atoms with van der Waals surface area (Å²) in [5.41, 5.74) is 3.19. The van der Waals surface area contributed by atoms with Crippen LogP contribution in [-0.2, 0) is 11.3 Å². The lowest BCUT2D eigenvalue weighted by Crippen LogP contribution is -2.46. The Kier molecular flexibility index (Phi) is 5.50. The number of likely N-dealkylation sites (tertiary alicyclic amines) is 1. The minimum absolute atomic E-state index is 0.126. The Hall–Kier alpha value is -2.97. The van der Waals surface area contributed by atoms with Gasteiger partial charge in [-0.15, -0.1) is 0 Å². The fourth-order valence-corrected chi connectivity index (χ4v) is 3.39. The molecule has 0 spiro atoms. The molecule has 1 aliphatic heterocycles. The van der Waals surface area contributed by atoms with Gasteiger partial charge in [-0.1, -0.05) is 36.4 Å². The molecule has 3 aromatic rings. The number of aliphatic hydroxyl groups excluding tert-OH is 1. The summed E-state index contributed by atoms with van der Waals surface area (Å²) >= 11 is 0. The van der Waals surface area contributed by atoms with E-state index in [4.69, 9.17) is 4.74 Å². The fraction of sp³-hybridized carbons (Fsp3) is 0.350. The zero-order chi connectivity index (χ0) is 19.3. The van der Waals surface area contributed by atoms with E-state index in [1.807, 2.05) is 48.5 Å². The number of aromatic nitrogens is 3. The van der Waals surface area contributed by atoms with Crippen molar-refractivity contribution in [3.8, 4) is 0 Å². The highest BCUT2D eigenvalue weighted by Gasteiger charge is 2.25. The van der Waals surface area contributed by atoms with Crippen molar-refractivity contribution in [3.05, 3.63) is 59.7 Å². The minimum atomic E-state index is -0.789. The SMILES string of the molecule is O=C(OCc1ccccc1)N1CCC(NC(O)c2ccc3n[nH]nc3c2)CC1. The van der Waals surface area contributed by atoms with Gasteiger partial charge in [-0.05, 0) is 36.1 Å². The summed E-state index contributed by atoms with van der Waals surface area (Å²) in [5.74, 6) is 0. The fourth-order valence-electron chi connectivity index (χ4n) is 3.39. The van der Waals surface area contributed by atoms with Gasteiger partial charge >= 0.3 is 6.09 Å². The number of carbonyl (C=O) groups excluding carboxylic acids is 1. The lowest BCUT2D eigenvalue weighted by atomic mass is 10.0. The normalized spacial score (nSPS) is 16.2. The zero-order valence-electron chi connectivity index (χ0n) is 15.4. The number of nitrogens with zero attached hydrogens (tertiary/aromatic N) is 3. The Morgan fingerprint density at radius 2 is 1.93 bits per heavy atom. The van der Waals surface area contributed by atoms with Gasteiger partial charge in [0.15, 0.2) is 0 Å². The van der Waals surface area contributed by atoms with Crippen LogP contribution in [0.25, 0.3) is 11.0 Å². The van der Waals surface area contributed by atoms with Gasteiger partial charge in [-0.2, -0.15) is 15.4 Å². The molecule has 1 saturated heterocycles. The first-order valence-electron chi connectivity index (χ1n) is 9.39. The second kappa shape index (κ2) is 8.37. The molecule has 0 radical (unpaired) electrons. The van der Waals surface area contributed by atoms with Crippen LogP contribution in [0.3, 0.4) is 0 Å². The first kappa shape index (κ1) is 18.4. The average Bonchev–Trinajstić information content (AvgIpc) is 3.21. The second-order valence-corrected chi connectivity index (χ2v) is 6.94. The Morgan fingerprint density at radius 1 is 1.18 bits per heavy atom. The van der Waals surface area contributed by atoms with Crippen molar-refractivity contribution in [2.45, 2.75) is 31.7 Å². The molecule has 1 amide bonds. The van der Waals surface area contributed by atoms with Crippen LogP contribution in [0.1, 0.15) is 30.2 Å². The summed E-state index contributed by atoms with van der Waals surface area (Å²) < 4.78 is 5.39. The van der Waals surface area contributed by atoms with Crippen molar-refractivity contribution in [2.24, 2.45) is 0 Å². The van der Waals surface area contributed by atoms with E-state index in [1.165, 1.54) is 0 Å². The molecule has 0 bridgehead atoms. The Bertz CT molecular complexity index is 922. The van der Waals surface area contributed by atoms with Crippen molar-refractivity contribution in [1.29, 1.82) is 0 Å². The van der Waals surface area contributed by atoms with Crippen molar-refractivity contribution in [3.63, 3.8) is 0 Å². The highest BCUT2D eigenvalue weighted by Crippen LogP contribution is 2.19. The number of amides is 1. The summed E-state index contributed by atoms with van der Waals surface area (Å²) in [6.07, 6.45) is 0.426.